The lowest BCUT2D eigenvalue weighted by molar-refractivity contribution is -0.0444. The number of aryl methyl sites for hydroxylation is 2. The second-order valence-electron chi connectivity index (χ2n) is 8.73. The van der Waals surface area contributed by atoms with E-state index in [4.69, 9.17) is 4.74 Å². The average Bonchev–Trinajstić information content (AvgIpc) is 2.73. The van der Waals surface area contributed by atoms with Crippen LogP contribution in [0.25, 0.3) is 0 Å². The Morgan fingerprint density at radius 3 is 2.23 bits per heavy atom. The number of ether oxygens (including phenoxy) is 1. The number of Topliss-reactive ketones (excluding diaryl/α,β-unsaturated/α-hetero) is 1. The molecule has 2 aliphatic heterocycles. The van der Waals surface area contributed by atoms with E-state index in [0.29, 0.717) is 39.1 Å². The van der Waals surface area contributed by atoms with Gasteiger partial charge in [0.25, 0.3) is 0 Å². The van der Waals surface area contributed by atoms with Crippen LogP contribution in [0.15, 0.2) is 18.2 Å². The third kappa shape index (κ3) is 5.13. The van der Waals surface area contributed by atoms with Crippen molar-refractivity contribution in [1.82, 2.24) is 9.21 Å². The first-order valence-corrected chi connectivity index (χ1v) is 12.8. The van der Waals surface area contributed by atoms with Gasteiger partial charge in [-0.25, -0.2) is 8.42 Å². The van der Waals surface area contributed by atoms with E-state index in [1.165, 1.54) is 0 Å². The number of ketones is 1. The third-order valence-electron chi connectivity index (χ3n) is 6.77. The molecular formula is C23H36N2O4S. The molecule has 0 bridgehead atoms. The Hall–Kier alpha value is -1.28. The van der Waals surface area contributed by atoms with Crippen LogP contribution in [-0.2, 0) is 14.8 Å². The summed E-state index contributed by atoms with van der Waals surface area (Å²) in [6.07, 6.45) is 3.75. The van der Waals surface area contributed by atoms with Gasteiger partial charge in [-0.15, -0.1) is 0 Å². The molecule has 2 heterocycles. The molecule has 7 heteroatoms. The molecule has 6 nitrogen and oxygen atoms in total. The van der Waals surface area contributed by atoms with Gasteiger partial charge in [-0.05, 0) is 50.7 Å². The van der Waals surface area contributed by atoms with Crippen molar-refractivity contribution in [2.45, 2.75) is 58.4 Å². The third-order valence-corrected chi connectivity index (χ3v) is 8.84. The molecule has 1 aromatic rings. The number of rotatable bonds is 8. The summed E-state index contributed by atoms with van der Waals surface area (Å²) in [6.45, 7) is 9.82. The zero-order valence-corrected chi connectivity index (χ0v) is 19.5. The molecule has 0 saturated carbocycles. The average molecular weight is 437 g/mol. The first kappa shape index (κ1) is 23.4. The smallest absolute Gasteiger partial charge is 0.214 e. The number of hydrogen-bond acceptors (Lipinski definition) is 5. The van der Waals surface area contributed by atoms with Gasteiger partial charge >= 0.3 is 0 Å². The van der Waals surface area contributed by atoms with Gasteiger partial charge in [0, 0.05) is 56.9 Å². The van der Waals surface area contributed by atoms with Crippen LogP contribution in [0.2, 0.25) is 0 Å². The van der Waals surface area contributed by atoms with Crippen molar-refractivity contribution in [1.29, 1.82) is 0 Å². The first-order chi connectivity index (χ1) is 14.3. The fourth-order valence-corrected chi connectivity index (χ4v) is 6.52. The highest BCUT2D eigenvalue weighted by molar-refractivity contribution is 7.89. The van der Waals surface area contributed by atoms with Crippen LogP contribution >= 0.6 is 0 Å². The Balaban J connectivity index is 1.69. The normalized spacial score (nSPS) is 20.9. The SMILES string of the molecule is CCCS(=O)(=O)N1CCN(C2(CCC(=O)c3c(C)cccc3C)CCOCC2)CC1. The van der Waals surface area contributed by atoms with Crippen LogP contribution in [0.4, 0.5) is 0 Å². The molecular weight excluding hydrogens is 400 g/mol. The van der Waals surface area contributed by atoms with Crippen LogP contribution in [0.3, 0.4) is 0 Å². The molecule has 2 fully saturated rings. The van der Waals surface area contributed by atoms with E-state index in [-0.39, 0.29) is 17.1 Å². The van der Waals surface area contributed by atoms with Gasteiger partial charge in [-0.1, -0.05) is 25.1 Å². The maximum absolute atomic E-state index is 13.1. The molecule has 0 N–H and O–H groups in total. The summed E-state index contributed by atoms with van der Waals surface area (Å²) < 4.78 is 32.1. The van der Waals surface area contributed by atoms with Gasteiger partial charge in [0.15, 0.2) is 5.78 Å². The highest BCUT2D eigenvalue weighted by atomic mass is 32.2. The predicted molar refractivity (Wildman–Crippen MR) is 119 cm³/mol. The summed E-state index contributed by atoms with van der Waals surface area (Å²) >= 11 is 0. The number of hydrogen-bond donors (Lipinski definition) is 0. The highest BCUT2D eigenvalue weighted by Gasteiger charge is 2.41. The molecule has 0 atom stereocenters. The van der Waals surface area contributed by atoms with Crippen molar-refractivity contribution in [2.24, 2.45) is 0 Å². The van der Waals surface area contributed by atoms with Crippen LogP contribution in [0, 0.1) is 13.8 Å². The second-order valence-corrected chi connectivity index (χ2v) is 10.8. The summed E-state index contributed by atoms with van der Waals surface area (Å²) in [6, 6.07) is 5.99. The minimum Gasteiger partial charge on any atom is -0.381 e. The number of sulfonamides is 1. The molecule has 0 aliphatic carbocycles. The summed E-state index contributed by atoms with van der Waals surface area (Å²) in [5.74, 6) is 0.427. The molecule has 0 aromatic heterocycles. The Kier molecular flexibility index (Phi) is 7.71. The number of nitrogens with zero attached hydrogens (tertiary/aromatic N) is 2. The van der Waals surface area contributed by atoms with Gasteiger partial charge in [0.1, 0.15) is 0 Å². The van der Waals surface area contributed by atoms with Crippen molar-refractivity contribution >= 4 is 15.8 Å². The predicted octanol–water partition coefficient (Wildman–Crippen LogP) is 3.17. The summed E-state index contributed by atoms with van der Waals surface area (Å²) in [7, 11) is -3.15. The largest absolute Gasteiger partial charge is 0.381 e. The molecule has 0 amide bonds. The number of benzene rings is 1. The molecule has 168 valence electrons. The van der Waals surface area contributed by atoms with Crippen LogP contribution in [0.1, 0.15) is 60.5 Å². The van der Waals surface area contributed by atoms with E-state index in [0.717, 1.165) is 49.0 Å². The second kappa shape index (κ2) is 9.90. The number of piperazine rings is 1. The molecule has 0 unspecified atom stereocenters. The maximum Gasteiger partial charge on any atom is 0.214 e. The van der Waals surface area contributed by atoms with E-state index in [2.05, 4.69) is 4.90 Å². The number of carbonyl (C=O) groups is 1. The monoisotopic (exact) mass is 436 g/mol. The molecule has 30 heavy (non-hydrogen) atoms. The maximum atomic E-state index is 13.1. The van der Waals surface area contributed by atoms with Crippen molar-refractivity contribution < 1.29 is 17.9 Å². The van der Waals surface area contributed by atoms with E-state index < -0.39 is 10.0 Å². The molecule has 0 spiro atoms. The molecule has 2 saturated heterocycles. The van der Waals surface area contributed by atoms with Gasteiger partial charge < -0.3 is 4.74 Å². The van der Waals surface area contributed by atoms with Gasteiger partial charge in [-0.2, -0.15) is 4.31 Å². The lowest BCUT2D eigenvalue weighted by Gasteiger charge is -2.49. The van der Waals surface area contributed by atoms with Crippen LogP contribution < -0.4 is 0 Å². The Morgan fingerprint density at radius 1 is 1.07 bits per heavy atom. The Bertz CT molecular complexity index is 819. The first-order valence-electron chi connectivity index (χ1n) is 11.2. The van der Waals surface area contributed by atoms with Crippen molar-refractivity contribution in [3.05, 3.63) is 34.9 Å². The summed E-state index contributed by atoms with van der Waals surface area (Å²) in [5.41, 5.74) is 2.85. The van der Waals surface area contributed by atoms with Crippen LogP contribution in [-0.4, -0.2) is 74.1 Å². The van der Waals surface area contributed by atoms with Crippen LogP contribution in [0.5, 0.6) is 0 Å². The van der Waals surface area contributed by atoms with Crippen molar-refractivity contribution in [3.8, 4) is 0 Å². The fraction of sp³-hybridized carbons (Fsp3) is 0.696. The fourth-order valence-electron chi connectivity index (χ4n) is 5.03. The highest BCUT2D eigenvalue weighted by Crippen LogP contribution is 2.34. The summed E-state index contributed by atoms with van der Waals surface area (Å²) in [5, 5.41) is 0. The van der Waals surface area contributed by atoms with Gasteiger partial charge in [0.05, 0.1) is 5.75 Å². The molecule has 0 radical (unpaired) electrons. The molecule has 1 aromatic carbocycles. The Labute approximate surface area is 181 Å². The van der Waals surface area contributed by atoms with E-state index in [1.807, 2.05) is 39.0 Å². The lowest BCUT2D eigenvalue weighted by Crippen LogP contribution is -2.60. The minimum atomic E-state index is -3.15. The molecule has 2 aliphatic rings. The zero-order chi connectivity index (χ0) is 21.8. The van der Waals surface area contributed by atoms with Gasteiger partial charge in [0.2, 0.25) is 10.0 Å². The van der Waals surface area contributed by atoms with Crippen molar-refractivity contribution in [3.63, 3.8) is 0 Å². The van der Waals surface area contributed by atoms with E-state index >= 15 is 0 Å². The van der Waals surface area contributed by atoms with Crippen molar-refractivity contribution in [2.75, 3.05) is 45.1 Å². The zero-order valence-electron chi connectivity index (χ0n) is 18.7. The topological polar surface area (TPSA) is 66.9 Å². The van der Waals surface area contributed by atoms with E-state index in [1.54, 1.807) is 4.31 Å². The number of carbonyl (C=O) groups excluding carboxylic acids is 1. The standard InChI is InChI=1S/C23H36N2O4S/c1-4-18-30(27,28)25-14-12-24(13-15-25)23(10-16-29-17-11-23)9-8-21(26)22-19(2)6-5-7-20(22)3/h5-7H,4,8-18H2,1-3H3. The van der Waals surface area contributed by atoms with Gasteiger partial charge in [-0.3, -0.25) is 9.69 Å². The quantitative estimate of drug-likeness (QED) is 0.586. The van der Waals surface area contributed by atoms with E-state index in [9.17, 15) is 13.2 Å². The lowest BCUT2D eigenvalue weighted by atomic mass is 9.81. The Morgan fingerprint density at radius 2 is 1.67 bits per heavy atom. The minimum absolute atomic E-state index is 0.0783. The molecule has 3 rings (SSSR count). The summed E-state index contributed by atoms with van der Waals surface area (Å²) in [4.78, 5) is 15.5.